The second-order valence-electron chi connectivity index (χ2n) is 2.46. The fraction of sp³-hybridized carbons (Fsp3) is 1.00. The lowest BCUT2D eigenvalue weighted by atomic mass is 10.3. The van der Waals surface area contributed by atoms with Crippen LogP contribution >= 0.6 is 0 Å². The molecule has 0 unspecified atom stereocenters. The van der Waals surface area contributed by atoms with Crippen LogP contribution in [-0.2, 0) is 0 Å². The Bertz CT molecular complexity index is 123. The molecule has 0 aliphatic carbocycles. The van der Waals surface area contributed by atoms with Crippen LogP contribution in [0.25, 0.3) is 0 Å². The Hall–Kier alpha value is -0.290. The van der Waals surface area contributed by atoms with E-state index in [0.29, 0.717) is 13.1 Å². The number of alkyl halides is 3. The summed E-state index contributed by atoms with van der Waals surface area (Å²) in [6, 6.07) is -3.28. The van der Waals surface area contributed by atoms with Gasteiger partial charge in [0.2, 0.25) is 0 Å². The molecule has 1 heterocycles. The molecule has 0 amide bonds. The third-order valence-corrected chi connectivity index (χ3v) is 1.68. The van der Waals surface area contributed by atoms with Gasteiger partial charge < -0.3 is 0 Å². The molecule has 1 rings (SSSR count). The van der Waals surface area contributed by atoms with Crippen LogP contribution in [0, 0.1) is 0 Å². The fourth-order valence-corrected chi connectivity index (χ4v) is 1.02. The third kappa shape index (κ3) is 2.07. The van der Waals surface area contributed by atoms with Crippen LogP contribution in [0.3, 0.4) is 0 Å². The minimum atomic E-state index is -3.28. The molecule has 1 radical (unpaired) electrons. The topological polar surface area (TPSA) is 17.3 Å². The summed E-state index contributed by atoms with van der Waals surface area (Å²) >= 11 is 0. The van der Waals surface area contributed by atoms with Crippen molar-refractivity contribution in [2.45, 2.75) is 6.05 Å². The zero-order valence-corrected chi connectivity index (χ0v) is 6.06. The molecule has 0 spiro atoms. The summed E-state index contributed by atoms with van der Waals surface area (Å²) in [6.45, 7) is -0.508. The summed E-state index contributed by atoms with van der Waals surface area (Å²) in [6.07, 6.45) is 0. The fourth-order valence-electron chi connectivity index (χ4n) is 1.02. The number of piperazine rings is 1. The average Bonchev–Trinajstić information content (AvgIpc) is 2.06. The Labute approximate surface area is 63.4 Å². The lowest BCUT2D eigenvalue weighted by Gasteiger charge is -2.31. The van der Waals surface area contributed by atoms with E-state index in [1.54, 1.807) is 0 Å². The van der Waals surface area contributed by atoms with Crippen LogP contribution in [0.15, 0.2) is 0 Å². The molecule has 1 fully saturated rings. The third-order valence-electron chi connectivity index (χ3n) is 1.68. The summed E-state index contributed by atoms with van der Waals surface area (Å²) in [5.41, 5.74) is 0. The monoisotopic (exact) mass is 167 g/mol. The maximum atomic E-state index is 12.5. The van der Waals surface area contributed by atoms with Gasteiger partial charge in [-0.1, -0.05) is 0 Å². The molecule has 0 N–H and O–H groups in total. The molecule has 0 bridgehead atoms. The smallest absolute Gasteiger partial charge is 0.243 e. The first kappa shape index (κ1) is 8.80. The van der Waals surface area contributed by atoms with Gasteiger partial charge >= 0.3 is 6.05 Å². The number of rotatable bonds is 2. The number of hydrogen-bond acceptors (Lipinski definition) is 1. The van der Waals surface area contributed by atoms with Gasteiger partial charge in [-0.25, -0.2) is 14.6 Å². The van der Waals surface area contributed by atoms with E-state index >= 15 is 0 Å². The van der Waals surface area contributed by atoms with E-state index in [1.807, 2.05) is 0 Å². The van der Waals surface area contributed by atoms with Crippen LogP contribution in [0.5, 0.6) is 0 Å². The maximum absolute atomic E-state index is 12.5. The second-order valence-corrected chi connectivity index (χ2v) is 2.46. The Morgan fingerprint density at radius 2 is 1.82 bits per heavy atom. The Morgan fingerprint density at radius 1 is 1.27 bits per heavy atom. The molecular formula is C6H10F3N2. The van der Waals surface area contributed by atoms with Crippen LogP contribution in [0.4, 0.5) is 13.2 Å². The SMILES string of the molecule is FCC(F)(F)N1CC[N]CC1. The van der Waals surface area contributed by atoms with Crippen molar-refractivity contribution in [3.63, 3.8) is 0 Å². The summed E-state index contributed by atoms with van der Waals surface area (Å²) in [7, 11) is 0. The molecule has 1 aliphatic rings. The largest absolute Gasteiger partial charge is 0.333 e. The predicted molar refractivity (Wildman–Crippen MR) is 34.4 cm³/mol. The van der Waals surface area contributed by atoms with Gasteiger partial charge in [0.25, 0.3) is 0 Å². The van der Waals surface area contributed by atoms with Crippen molar-refractivity contribution < 1.29 is 13.2 Å². The van der Waals surface area contributed by atoms with Gasteiger partial charge in [-0.2, -0.15) is 8.78 Å². The van der Waals surface area contributed by atoms with Gasteiger partial charge in [0, 0.05) is 26.2 Å². The van der Waals surface area contributed by atoms with Crippen molar-refractivity contribution >= 4 is 0 Å². The van der Waals surface area contributed by atoms with Gasteiger partial charge in [-0.15, -0.1) is 0 Å². The summed E-state index contributed by atoms with van der Waals surface area (Å²) in [5, 5.41) is 3.88. The highest BCUT2D eigenvalue weighted by Gasteiger charge is 2.37. The van der Waals surface area contributed by atoms with Gasteiger partial charge in [-0.3, -0.25) is 0 Å². The molecule has 1 aliphatic heterocycles. The lowest BCUT2D eigenvalue weighted by Crippen LogP contribution is -2.51. The second kappa shape index (κ2) is 3.40. The first-order valence-electron chi connectivity index (χ1n) is 3.49. The summed E-state index contributed by atoms with van der Waals surface area (Å²) in [5.74, 6) is 0. The highest BCUT2D eigenvalue weighted by atomic mass is 19.3. The van der Waals surface area contributed by atoms with Crippen LogP contribution in [0.1, 0.15) is 0 Å². The van der Waals surface area contributed by atoms with E-state index in [4.69, 9.17) is 0 Å². The average molecular weight is 167 g/mol. The van der Waals surface area contributed by atoms with E-state index in [2.05, 4.69) is 5.32 Å². The van der Waals surface area contributed by atoms with Gasteiger partial charge in [0.1, 0.15) is 0 Å². The highest BCUT2D eigenvalue weighted by Crippen LogP contribution is 2.20. The van der Waals surface area contributed by atoms with Crippen LogP contribution in [0.2, 0.25) is 0 Å². The predicted octanol–water partition coefficient (Wildman–Crippen LogP) is 0.469. The van der Waals surface area contributed by atoms with E-state index in [1.165, 1.54) is 0 Å². The Morgan fingerprint density at radius 3 is 2.27 bits per heavy atom. The van der Waals surface area contributed by atoms with Crippen molar-refractivity contribution in [3.8, 4) is 0 Å². The van der Waals surface area contributed by atoms with E-state index in [-0.39, 0.29) is 13.1 Å². The molecule has 0 saturated carbocycles. The van der Waals surface area contributed by atoms with E-state index in [9.17, 15) is 13.2 Å². The van der Waals surface area contributed by atoms with Crippen molar-refractivity contribution in [1.29, 1.82) is 0 Å². The van der Waals surface area contributed by atoms with Gasteiger partial charge in [0.05, 0.1) is 0 Å². The first-order chi connectivity index (χ1) is 5.17. The molecule has 2 nitrogen and oxygen atoms in total. The molecule has 0 aromatic heterocycles. The van der Waals surface area contributed by atoms with Crippen molar-refractivity contribution in [1.82, 2.24) is 10.2 Å². The zero-order chi connectivity index (χ0) is 8.32. The summed E-state index contributed by atoms with van der Waals surface area (Å²) < 4.78 is 36.8. The molecule has 0 atom stereocenters. The van der Waals surface area contributed by atoms with Crippen molar-refractivity contribution in [2.75, 3.05) is 32.9 Å². The molecule has 65 valence electrons. The molecule has 1 saturated heterocycles. The summed E-state index contributed by atoms with van der Waals surface area (Å²) in [4.78, 5) is 0.833. The van der Waals surface area contributed by atoms with Gasteiger partial charge in [0.15, 0.2) is 6.67 Å². The van der Waals surface area contributed by atoms with Crippen LogP contribution in [-0.4, -0.2) is 43.8 Å². The standard InChI is InChI=1S/C6H10F3N2/c7-5-6(8,9)11-3-1-10-2-4-11/h1-5H2. The maximum Gasteiger partial charge on any atom is 0.333 e. The highest BCUT2D eigenvalue weighted by molar-refractivity contribution is 4.74. The Balaban J connectivity index is 2.43. The van der Waals surface area contributed by atoms with Crippen molar-refractivity contribution in [3.05, 3.63) is 0 Å². The first-order valence-corrected chi connectivity index (χ1v) is 3.49. The van der Waals surface area contributed by atoms with Gasteiger partial charge in [-0.05, 0) is 0 Å². The molecule has 11 heavy (non-hydrogen) atoms. The molecule has 0 aromatic rings. The Kier molecular flexibility index (Phi) is 2.72. The number of halogens is 3. The quantitative estimate of drug-likeness (QED) is 0.546. The van der Waals surface area contributed by atoms with Crippen molar-refractivity contribution in [2.24, 2.45) is 0 Å². The molecular weight excluding hydrogens is 157 g/mol. The van der Waals surface area contributed by atoms with E-state index in [0.717, 1.165) is 4.90 Å². The number of nitrogens with zero attached hydrogens (tertiary/aromatic N) is 2. The number of hydrogen-bond donors (Lipinski definition) is 0. The lowest BCUT2D eigenvalue weighted by molar-refractivity contribution is -0.161. The normalized spacial score (nSPS) is 22.1. The zero-order valence-electron chi connectivity index (χ0n) is 6.06. The molecule has 0 aromatic carbocycles. The minimum Gasteiger partial charge on any atom is -0.243 e. The van der Waals surface area contributed by atoms with E-state index < -0.39 is 12.7 Å². The molecule has 5 heteroatoms. The minimum absolute atomic E-state index is 0.164. The van der Waals surface area contributed by atoms with Crippen LogP contribution < -0.4 is 5.32 Å².